The molecule has 0 atom stereocenters. The molecule has 10 heteroatoms. The first kappa shape index (κ1) is 28.5. The van der Waals surface area contributed by atoms with Gasteiger partial charge < -0.3 is 0 Å². The molecule has 0 aliphatic heterocycles. The molecular formula is C29H36FN5O3S. The molecule has 1 aromatic carbocycles. The molecule has 208 valence electrons. The fourth-order valence-electron chi connectivity index (χ4n) is 4.53. The lowest BCUT2D eigenvalue weighted by molar-refractivity contribution is -0.118. The van der Waals surface area contributed by atoms with Gasteiger partial charge in [0.05, 0.1) is 17.8 Å². The summed E-state index contributed by atoms with van der Waals surface area (Å²) < 4.78 is 40.7. The standard InChI is InChI=1S/C29H36FN5O3S/c1-21(30)8-15-29(36)35(18-6-4-5-7-26-20-27(23-9-10-23)32-34(26)2)28-19-24(16-17-31-28)22-11-13-25(14-12-22)33-39(3,37)38/h11-14,16-17,19-20,23,33H,1,4-10,15,18H2,2-3H3. The number of carbonyl (C=O) groups is 1. The van der Waals surface area contributed by atoms with E-state index < -0.39 is 15.9 Å². The van der Waals surface area contributed by atoms with Crippen molar-refractivity contribution in [1.82, 2.24) is 14.8 Å². The molecule has 2 heterocycles. The first-order valence-electron chi connectivity index (χ1n) is 13.3. The summed E-state index contributed by atoms with van der Waals surface area (Å²) in [4.78, 5) is 19.2. The number of carbonyl (C=O) groups excluding carboxylic acids is 1. The van der Waals surface area contributed by atoms with E-state index in [0.717, 1.165) is 43.1 Å². The number of nitrogens with one attached hydrogen (secondary N) is 1. The third-order valence-corrected chi connectivity index (χ3v) is 7.37. The van der Waals surface area contributed by atoms with E-state index in [1.54, 1.807) is 35.4 Å². The van der Waals surface area contributed by atoms with Gasteiger partial charge in [-0.05, 0) is 73.6 Å². The Kier molecular flexibility index (Phi) is 9.16. The molecule has 1 saturated carbocycles. The number of amides is 1. The average Bonchev–Trinajstić information content (AvgIpc) is 3.67. The number of anilines is 2. The Balaban J connectivity index is 1.41. The zero-order valence-corrected chi connectivity index (χ0v) is 23.4. The number of hydrogen-bond acceptors (Lipinski definition) is 5. The lowest BCUT2D eigenvalue weighted by Gasteiger charge is -2.22. The molecule has 1 N–H and O–H groups in total. The van der Waals surface area contributed by atoms with Crippen LogP contribution in [0, 0.1) is 0 Å². The van der Waals surface area contributed by atoms with Crippen molar-refractivity contribution in [3.63, 3.8) is 0 Å². The molecule has 0 saturated heterocycles. The van der Waals surface area contributed by atoms with E-state index >= 15 is 0 Å². The highest BCUT2D eigenvalue weighted by atomic mass is 32.2. The topological polar surface area (TPSA) is 97.2 Å². The summed E-state index contributed by atoms with van der Waals surface area (Å²) in [5, 5.41) is 4.64. The van der Waals surface area contributed by atoms with Crippen LogP contribution in [-0.4, -0.2) is 41.9 Å². The largest absolute Gasteiger partial charge is 0.297 e. The van der Waals surface area contributed by atoms with Crippen LogP contribution in [0.25, 0.3) is 11.1 Å². The van der Waals surface area contributed by atoms with Crippen molar-refractivity contribution in [2.24, 2.45) is 7.05 Å². The van der Waals surface area contributed by atoms with Crippen molar-refractivity contribution in [1.29, 1.82) is 0 Å². The number of aryl methyl sites for hydroxylation is 2. The molecule has 1 aliphatic rings. The summed E-state index contributed by atoms with van der Waals surface area (Å²) in [6.07, 6.45) is 8.84. The van der Waals surface area contributed by atoms with Crippen LogP contribution in [0.3, 0.4) is 0 Å². The first-order chi connectivity index (χ1) is 18.6. The van der Waals surface area contributed by atoms with E-state index in [-0.39, 0.29) is 18.7 Å². The van der Waals surface area contributed by atoms with Crippen LogP contribution in [0.2, 0.25) is 0 Å². The second-order valence-electron chi connectivity index (χ2n) is 10.2. The third-order valence-electron chi connectivity index (χ3n) is 6.76. The minimum atomic E-state index is -3.37. The minimum absolute atomic E-state index is 0.0199. The van der Waals surface area contributed by atoms with Gasteiger partial charge in [0.15, 0.2) is 0 Å². The van der Waals surface area contributed by atoms with Crippen molar-refractivity contribution >= 4 is 27.4 Å². The van der Waals surface area contributed by atoms with Gasteiger partial charge in [-0.25, -0.2) is 17.8 Å². The Morgan fingerprint density at radius 2 is 1.85 bits per heavy atom. The maximum atomic E-state index is 13.3. The van der Waals surface area contributed by atoms with E-state index in [1.807, 2.05) is 23.9 Å². The first-order valence-corrected chi connectivity index (χ1v) is 15.2. The van der Waals surface area contributed by atoms with Crippen LogP contribution in [0.4, 0.5) is 15.9 Å². The molecule has 39 heavy (non-hydrogen) atoms. The summed E-state index contributed by atoms with van der Waals surface area (Å²) in [6, 6.07) is 12.9. The molecular weight excluding hydrogens is 517 g/mol. The summed E-state index contributed by atoms with van der Waals surface area (Å²) in [7, 11) is -1.37. The van der Waals surface area contributed by atoms with Gasteiger partial charge in [-0.1, -0.05) is 25.1 Å². The molecule has 2 aromatic heterocycles. The van der Waals surface area contributed by atoms with Crippen molar-refractivity contribution in [2.75, 3.05) is 22.4 Å². The smallest absolute Gasteiger partial charge is 0.229 e. The predicted octanol–water partition coefficient (Wildman–Crippen LogP) is 5.74. The molecule has 1 aliphatic carbocycles. The fourth-order valence-corrected chi connectivity index (χ4v) is 5.09. The Labute approximate surface area is 230 Å². The van der Waals surface area contributed by atoms with Gasteiger partial charge in [0, 0.05) is 49.9 Å². The number of unbranched alkanes of at least 4 members (excludes halogenated alkanes) is 2. The number of halogens is 1. The molecule has 0 radical (unpaired) electrons. The van der Waals surface area contributed by atoms with Gasteiger partial charge in [0.1, 0.15) is 5.82 Å². The van der Waals surface area contributed by atoms with Crippen molar-refractivity contribution < 1.29 is 17.6 Å². The van der Waals surface area contributed by atoms with E-state index in [9.17, 15) is 17.6 Å². The van der Waals surface area contributed by atoms with Crippen LogP contribution in [0.15, 0.2) is 61.1 Å². The van der Waals surface area contributed by atoms with Crippen LogP contribution in [0.1, 0.15) is 62.3 Å². The van der Waals surface area contributed by atoms with Gasteiger partial charge >= 0.3 is 0 Å². The maximum absolute atomic E-state index is 13.3. The molecule has 8 nitrogen and oxygen atoms in total. The van der Waals surface area contributed by atoms with E-state index in [4.69, 9.17) is 0 Å². The molecule has 0 bridgehead atoms. The number of nitrogens with zero attached hydrogens (tertiary/aromatic N) is 4. The lowest BCUT2D eigenvalue weighted by atomic mass is 10.1. The number of benzene rings is 1. The fraction of sp³-hybridized carbons (Fsp3) is 0.414. The van der Waals surface area contributed by atoms with Crippen LogP contribution in [-0.2, 0) is 28.3 Å². The van der Waals surface area contributed by atoms with E-state index in [0.29, 0.717) is 24.0 Å². The number of sulfonamides is 1. The highest BCUT2D eigenvalue weighted by Crippen LogP contribution is 2.39. The second kappa shape index (κ2) is 12.5. The SMILES string of the molecule is C=C(F)CCC(=O)N(CCCCCc1cc(C2CC2)nn1C)c1cc(-c2ccc(NS(C)(=O)=O)cc2)ccn1. The Morgan fingerprint density at radius 3 is 2.51 bits per heavy atom. The van der Waals surface area contributed by atoms with Gasteiger partial charge in [-0.2, -0.15) is 5.10 Å². The molecule has 3 aromatic rings. The van der Waals surface area contributed by atoms with Crippen LogP contribution < -0.4 is 9.62 Å². The lowest BCUT2D eigenvalue weighted by Crippen LogP contribution is -2.32. The van der Waals surface area contributed by atoms with Crippen molar-refractivity contribution in [3.05, 3.63) is 72.5 Å². The highest BCUT2D eigenvalue weighted by Gasteiger charge is 2.26. The minimum Gasteiger partial charge on any atom is -0.297 e. The summed E-state index contributed by atoms with van der Waals surface area (Å²) in [6.45, 7) is 3.75. The summed E-state index contributed by atoms with van der Waals surface area (Å²) >= 11 is 0. The van der Waals surface area contributed by atoms with Crippen molar-refractivity contribution in [2.45, 2.75) is 57.3 Å². The number of pyridine rings is 1. The number of hydrogen-bond donors (Lipinski definition) is 1. The zero-order chi connectivity index (χ0) is 28.0. The van der Waals surface area contributed by atoms with Gasteiger partial charge in [-0.15, -0.1) is 0 Å². The molecule has 1 fully saturated rings. The predicted molar refractivity (Wildman–Crippen MR) is 153 cm³/mol. The molecule has 4 rings (SSSR count). The summed E-state index contributed by atoms with van der Waals surface area (Å²) in [5.41, 5.74) is 4.59. The van der Waals surface area contributed by atoms with E-state index in [2.05, 4.69) is 27.5 Å². The third kappa shape index (κ3) is 8.48. The molecule has 1 amide bonds. The van der Waals surface area contributed by atoms with Crippen LogP contribution in [0.5, 0.6) is 0 Å². The van der Waals surface area contributed by atoms with Crippen LogP contribution >= 0.6 is 0 Å². The normalized spacial score (nSPS) is 13.3. The second-order valence-corrected chi connectivity index (χ2v) is 11.9. The Bertz CT molecular complexity index is 1410. The highest BCUT2D eigenvalue weighted by molar-refractivity contribution is 7.92. The average molecular weight is 554 g/mol. The van der Waals surface area contributed by atoms with Gasteiger partial charge in [0.25, 0.3) is 0 Å². The number of allylic oxidation sites excluding steroid dienone is 1. The zero-order valence-electron chi connectivity index (χ0n) is 22.6. The van der Waals surface area contributed by atoms with Crippen molar-refractivity contribution in [3.8, 4) is 11.1 Å². The quantitative estimate of drug-likeness (QED) is 0.257. The van der Waals surface area contributed by atoms with Gasteiger partial charge in [-0.3, -0.25) is 19.1 Å². The number of rotatable bonds is 14. The maximum Gasteiger partial charge on any atom is 0.229 e. The van der Waals surface area contributed by atoms with E-state index in [1.165, 1.54) is 24.2 Å². The van der Waals surface area contributed by atoms with Gasteiger partial charge in [0.2, 0.25) is 15.9 Å². The molecule has 0 unspecified atom stereocenters. The monoisotopic (exact) mass is 553 g/mol. The summed E-state index contributed by atoms with van der Waals surface area (Å²) in [5.74, 6) is 0.415. The Morgan fingerprint density at radius 1 is 1.10 bits per heavy atom. The number of aromatic nitrogens is 3. The Hall–Kier alpha value is -3.53. The molecule has 0 spiro atoms.